The molecule has 2 rings (SSSR count). The van der Waals surface area contributed by atoms with Gasteiger partial charge in [0.2, 0.25) is 0 Å². The lowest BCUT2D eigenvalue weighted by atomic mass is 10.1. The zero-order valence-electron chi connectivity index (χ0n) is 8.47. The van der Waals surface area contributed by atoms with Crippen LogP contribution in [-0.4, -0.2) is 18.9 Å². The van der Waals surface area contributed by atoms with Gasteiger partial charge >= 0.3 is 0 Å². The Labute approximate surface area is 90.7 Å². The topological polar surface area (TPSA) is 20.3 Å². The Kier molecular flexibility index (Phi) is 2.85. The lowest BCUT2D eigenvalue weighted by Gasteiger charge is -2.28. The molecule has 0 N–H and O–H groups in total. The zero-order valence-corrected chi connectivity index (χ0v) is 8.47. The number of rotatable bonds is 1. The highest BCUT2D eigenvalue weighted by Crippen LogP contribution is 2.26. The van der Waals surface area contributed by atoms with Crippen molar-refractivity contribution in [2.45, 2.75) is 12.8 Å². The van der Waals surface area contributed by atoms with E-state index in [1.165, 1.54) is 4.90 Å². The SMILES string of the molecule is O=C1CCN(c2c(F)cc(F)cc2F)CC1. The van der Waals surface area contributed by atoms with Gasteiger partial charge in [-0.05, 0) is 0 Å². The summed E-state index contributed by atoms with van der Waals surface area (Å²) in [5.41, 5.74) is -0.242. The number of ketones is 1. The van der Waals surface area contributed by atoms with E-state index in [2.05, 4.69) is 0 Å². The number of benzene rings is 1. The molecule has 0 atom stereocenters. The van der Waals surface area contributed by atoms with Gasteiger partial charge in [0.1, 0.15) is 17.3 Å². The maximum absolute atomic E-state index is 13.4. The summed E-state index contributed by atoms with van der Waals surface area (Å²) in [7, 11) is 0. The van der Waals surface area contributed by atoms with E-state index in [0.29, 0.717) is 12.1 Å². The van der Waals surface area contributed by atoms with Crippen LogP contribution in [0, 0.1) is 17.5 Å². The number of carbonyl (C=O) groups is 1. The van der Waals surface area contributed by atoms with E-state index in [9.17, 15) is 18.0 Å². The van der Waals surface area contributed by atoms with Crippen molar-refractivity contribution in [3.63, 3.8) is 0 Å². The third-order valence-corrected chi connectivity index (χ3v) is 2.62. The molecule has 1 heterocycles. The van der Waals surface area contributed by atoms with Crippen molar-refractivity contribution in [2.24, 2.45) is 0 Å². The summed E-state index contributed by atoms with van der Waals surface area (Å²) in [6.07, 6.45) is 0.548. The predicted octanol–water partition coefficient (Wildman–Crippen LogP) is 2.27. The van der Waals surface area contributed by atoms with Crippen molar-refractivity contribution in [3.05, 3.63) is 29.6 Å². The van der Waals surface area contributed by atoms with Gasteiger partial charge in [-0.1, -0.05) is 0 Å². The predicted molar refractivity (Wildman–Crippen MR) is 52.8 cm³/mol. The Morgan fingerprint density at radius 3 is 2.00 bits per heavy atom. The largest absolute Gasteiger partial charge is 0.366 e. The van der Waals surface area contributed by atoms with Crippen LogP contribution in [0.3, 0.4) is 0 Å². The lowest BCUT2D eigenvalue weighted by molar-refractivity contribution is -0.119. The molecule has 0 aliphatic carbocycles. The number of Topliss-reactive ketones (excluding diaryl/α,β-unsaturated/α-hetero) is 1. The molecule has 1 fully saturated rings. The molecule has 0 saturated carbocycles. The van der Waals surface area contributed by atoms with Crippen LogP contribution in [0.4, 0.5) is 18.9 Å². The number of halogens is 3. The molecule has 1 aliphatic rings. The summed E-state index contributed by atoms with van der Waals surface area (Å²) in [5.74, 6) is -2.70. The molecule has 86 valence electrons. The number of piperidine rings is 1. The molecule has 1 aromatic carbocycles. The zero-order chi connectivity index (χ0) is 11.7. The van der Waals surface area contributed by atoms with Crippen LogP contribution < -0.4 is 4.90 Å². The third kappa shape index (κ3) is 2.03. The third-order valence-electron chi connectivity index (χ3n) is 2.62. The number of nitrogens with zero attached hydrogens (tertiary/aromatic N) is 1. The van der Waals surface area contributed by atoms with E-state index in [1.807, 2.05) is 0 Å². The van der Waals surface area contributed by atoms with Crippen LogP contribution in [0.15, 0.2) is 12.1 Å². The van der Waals surface area contributed by atoms with E-state index in [4.69, 9.17) is 0 Å². The van der Waals surface area contributed by atoms with Crippen molar-refractivity contribution >= 4 is 11.5 Å². The molecule has 0 spiro atoms. The molecule has 2 nitrogen and oxygen atoms in total. The monoisotopic (exact) mass is 229 g/mol. The summed E-state index contributed by atoms with van der Waals surface area (Å²) in [4.78, 5) is 12.4. The second-order valence-corrected chi connectivity index (χ2v) is 3.74. The standard InChI is InChI=1S/C11H10F3NO/c12-7-5-9(13)11(10(14)6-7)15-3-1-8(16)2-4-15/h5-6H,1-4H2. The summed E-state index contributed by atoms with van der Waals surface area (Å²) in [6.45, 7) is 0.552. The van der Waals surface area contributed by atoms with Crippen LogP contribution in [-0.2, 0) is 4.79 Å². The minimum absolute atomic E-state index is 0.0826. The first-order valence-electron chi connectivity index (χ1n) is 4.99. The lowest BCUT2D eigenvalue weighted by Crippen LogP contribution is -2.35. The molecule has 1 saturated heterocycles. The first-order valence-corrected chi connectivity index (χ1v) is 4.99. The quantitative estimate of drug-likeness (QED) is 0.736. The fourth-order valence-electron chi connectivity index (χ4n) is 1.82. The first kappa shape index (κ1) is 11.0. The second-order valence-electron chi connectivity index (χ2n) is 3.74. The number of hydrogen-bond donors (Lipinski definition) is 0. The molecule has 1 aliphatic heterocycles. The Morgan fingerprint density at radius 2 is 1.50 bits per heavy atom. The molecule has 5 heteroatoms. The average Bonchev–Trinajstić information content (AvgIpc) is 2.19. The van der Waals surface area contributed by atoms with Crippen LogP contribution in [0.1, 0.15) is 12.8 Å². The molecule has 0 amide bonds. The van der Waals surface area contributed by atoms with Crippen molar-refractivity contribution in [2.75, 3.05) is 18.0 Å². The van der Waals surface area contributed by atoms with E-state index in [-0.39, 0.29) is 37.4 Å². The van der Waals surface area contributed by atoms with Crippen LogP contribution in [0.2, 0.25) is 0 Å². The fraction of sp³-hybridized carbons (Fsp3) is 0.364. The summed E-state index contributed by atoms with van der Waals surface area (Å²) >= 11 is 0. The Morgan fingerprint density at radius 1 is 1.00 bits per heavy atom. The normalized spacial score (nSPS) is 16.7. The summed E-state index contributed by atoms with van der Waals surface area (Å²) in [6, 6.07) is 1.30. The van der Waals surface area contributed by atoms with Crippen LogP contribution in [0.25, 0.3) is 0 Å². The summed E-state index contributed by atoms with van der Waals surface area (Å²) in [5, 5.41) is 0. The van der Waals surface area contributed by atoms with Gasteiger partial charge in [0, 0.05) is 38.1 Å². The first-order chi connectivity index (χ1) is 7.58. The molecule has 1 aromatic rings. The Hall–Kier alpha value is -1.52. The summed E-state index contributed by atoms with van der Waals surface area (Å²) < 4.78 is 39.5. The number of hydrogen-bond acceptors (Lipinski definition) is 2. The molecule has 0 unspecified atom stereocenters. The minimum Gasteiger partial charge on any atom is -0.366 e. The van der Waals surface area contributed by atoms with Gasteiger partial charge in [-0.25, -0.2) is 13.2 Å². The van der Waals surface area contributed by atoms with Gasteiger partial charge in [0.15, 0.2) is 11.6 Å². The van der Waals surface area contributed by atoms with Gasteiger partial charge in [-0.2, -0.15) is 0 Å². The van der Waals surface area contributed by atoms with Gasteiger partial charge in [0.25, 0.3) is 0 Å². The smallest absolute Gasteiger partial charge is 0.152 e. The van der Waals surface area contributed by atoms with Crippen molar-refractivity contribution in [1.82, 2.24) is 0 Å². The molecule has 0 aromatic heterocycles. The number of carbonyl (C=O) groups excluding carboxylic acids is 1. The van der Waals surface area contributed by atoms with E-state index in [0.717, 1.165) is 0 Å². The molecule has 16 heavy (non-hydrogen) atoms. The minimum atomic E-state index is -0.938. The molecular weight excluding hydrogens is 219 g/mol. The average molecular weight is 229 g/mol. The number of anilines is 1. The highest BCUT2D eigenvalue weighted by molar-refractivity contribution is 5.81. The maximum atomic E-state index is 13.4. The van der Waals surface area contributed by atoms with Gasteiger partial charge in [-0.15, -0.1) is 0 Å². The maximum Gasteiger partial charge on any atom is 0.152 e. The van der Waals surface area contributed by atoms with Crippen LogP contribution in [0.5, 0.6) is 0 Å². The molecular formula is C11H10F3NO. The van der Waals surface area contributed by atoms with Gasteiger partial charge < -0.3 is 4.90 Å². The van der Waals surface area contributed by atoms with Crippen LogP contribution >= 0.6 is 0 Å². The van der Waals surface area contributed by atoms with E-state index >= 15 is 0 Å². The van der Waals surface area contributed by atoms with E-state index < -0.39 is 17.5 Å². The highest BCUT2D eigenvalue weighted by atomic mass is 19.1. The molecule has 0 bridgehead atoms. The van der Waals surface area contributed by atoms with E-state index in [1.54, 1.807) is 0 Å². The van der Waals surface area contributed by atoms with Crippen molar-refractivity contribution in [3.8, 4) is 0 Å². The van der Waals surface area contributed by atoms with Gasteiger partial charge in [0.05, 0.1) is 0 Å². The second kappa shape index (κ2) is 4.15. The Balaban J connectivity index is 2.30. The van der Waals surface area contributed by atoms with Crippen molar-refractivity contribution < 1.29 is 18.0 Å². The highest BCUT2D eigenvalue weighted by Gasteiger charge is 2.22. The molecule has 0 radical (unpaired) electrons. The fourth-order valence-corrected chi connectivity index (χ4v) is 1.82. The van der Waals surface area contributed by atoms with Crippen molar-refractivity contribution in [1.29, 1.82) is 0 Å². The van der Waals surface area contributed by atoms with Gasteiger partial charge in [-0.3, -0.25) is 4.79 Å². The Bertz CT molecular complexity index is 400.